The van der Waals surface area contributed by atoms with Gasteiger partial charge in [0.05, 0.1) is 5.02 Å². The molecule has 0 atom stereocenters. The number of piperazine rings is 1. The summed E-state index contributed by atoms with van der Waals surface area (Å²) in [5, 5.41) is 3.40. The zero-order chi connectivity index (χ0) is 21.6. The molecule has 2 aliphatic rings. The minimum atomic E-state index is -0.160. The highest BCUT2D eigenvalue weighted by atomic mass is 35.5. The molecule has 1 amide bonds. The Hall–Kier alpha value is -2.54. The first-order valence-electron chi connectivity index (χ1n) is 10.6. The quantitative estimate of drug-likeness (QED) is 0.698. The summed E-state index contributed by atoms with van der Waals surface area (Å²) in [6.07, 6.45) is 3.22. The van der Waals surface area contributed by atoms with Crippen LogP contribution in [0.3, 0.4) is 0 Å². The van der Waals surface area contributed by atoms with Crippen molar-refractivity contribution < 1.29 is 14.3 Å². The Morgan fingerprint density at radius 3 is 2.55 bits per heavy atom. The molecular formula is C24H28ClN3O3. The van der Waals surface area contributed by atoms with Gasteiger partial charge in [-0.05, 0) is 41.9 Å². The monoisotopic (exact) mass is 441 g/mol. The van der Waals surface area contributed by atoms with Gasteiger partial charge in [0.25, 0.3) is 0 Å². The van der Waals surface area contributed by atoms with E-state index < -0.39 is 0 Å². The van der Waals surface area contributed by atoms with Crippen molar-refractivity contribution in [3.63, 3.8) is 0 Å². The van der Waals surface area contributed by atoms with Crippen LogP contribution in [-0.2, 0) is 17.9 Å². The average molecular weight is 442 g/mol. The summed E-state index contributed by atoms with van der Waals surface area (Å²) in [6.45, 7) is 6.89. The maximum Gasteiger partial charge on any atom is 0.244 e. The molecule has 0 aliphatic carbocycles. The maximum absolute atomic E-state index is 12.2. The van der Waals surface area contributed by atoms with Crippen molar-refractivity contribution in [1.29, 1.82) is 0 Å². The number of benzene rings is 2. The van der Waals surface area contributed by atoms with E-state index in [1.807, 2.05) is 6.07 Å². The number of rotatable bonds is 6. The summed E-state index contributed by atoms with van der Waals surface area (Å²) in [5.74, 6) is 1.01. The lowest BCUT2D eigenvalue weighted by atomic mass is 10.1. The van der Waals surface area contributed by atoms with Crippen molar-refractivity contribution in [3.05, 3.63) is 64.2 Å². The largest absolute Gasteiger partial charge is 0.486 e. The third-order valence-corrected chi connectivity index (χ3v) is 5.82. The van der Waals surface area contributed by atoms with Crippen LogP contribution in [-0.4, -0.2) is 62.1 Å². The lowest BCUT2D eigenvalue weighted by Gasteiger charge is -2.32. The fraction of sp³-hybridized carbons (Fsp3) is 0.375. The summed E-state index contributed by atoms with van der Waals surface area (Å²) in [4.78, 5) is 17.1. The van der Waals surface area contributed by atoms with E-state index in [0.717, 1.165) is 43.9 Å². The Morgan fingerprint density at radius 2 is 1.77 bits per heavy atom. The minimum absolute atomic E-state index is 0.160. The molecule has 2 aliphatic heterocycles. The van der Waals surface area contributed by atoms with E-state index in [4.69, 9.17) is 21.1 Å². The predicted octanol–water partition coefficient (Wildman–Crippen LogP) is 3.19. The highest BCUT2D eigenvalue weighted by Gasteiger charge is 2.16. The number of nitrogens with zero attached hydrogens (tertiary/aromatic N) is 2. The van der Waals surface area contributed by atoms with Gasteiger partial charge in [-0.3, -0.25) is 9.69 Å². The Kier molecular flexibility index (Phi) is 7.12. The van der Waals surface area contributed by atoms with Crippen LogP contribution in [0.5, 0.6) is 11.5 Å². The highest BCUT2D eigenvalue weighted by molar-refractivity contribution is 6.32. The summed E-state index contributed by atoms with van der Waals surface area (Å²) < 4.78 is 11.1. The molecule has 164 valence electrons. The zero-order valence-corrected chi connectivity index (χ0v) is 18.5. The van der Waals surface area contributed by atoms with Gasteiger partial charge >= 0.3 is 0 Å². The molecule has 2 aromatic carbocycles. The fourth-order valence-corrected chi connectivity index (χ4v) is 3.95. The first kappa shape index (κ1) is 21.7. The van der Waals surface area contributed by atoms with Crippen LogP contribution in [0.1, 0.15) is 16.7 Å². The number of carbonyl (C=O) groups excluding carboxylic acids is 1. The SMILES string of the molecule is CN1CCN(Cc2ccc(CNC(=O)C=Cc3cc(Cl)c4c(c3)OCCO4)cc2)CC1. The van der Waals surface area contributed by atoms with Gasteiger partial charge in [-0.25, -0.2) is 0 Å². The number of fused-ring (bicyclic) bond motifs is 1. The summed E-state index contributed by atoms with van der Waals surface area (Å²) in [7, 11) is 2.17. The predicted molar refractivity (Wildman–Crippen MR) is 123 cm³/mol. The molecule has 2 heterocycles. The molecule has 0 spiro atoms. The van der Waals surface area contributed by atoms with Gasteiger partial charge in [-0.2, -0.15) is 0 Å². The number of hydrogen-bond acceptors (Lipinski definition) is 5. The maximum atomic E-state index is 12.2. The Labute approximate surface area is 188 Å². The van der Waals surface area contributed by atoms with Gasteiger partial charge in [-0.15, -0.1) is 0 Å². The van der Waals surface area contributed by atoms with E-state index in [1.54, 1.807) is 12.1 Å². The minimum Gasteiger partial charge on any atom is -0.486 e. The van der Waals surface area contributed by atoms with Crippen molar-refractivity contribution in [2.45, 2.75) is 13.1 Å². The first-order chi connectivity index (χ1) is 15.1. The van der Waals surface area contributed by atoms with Crippen LogP contribution in [0.15, 0.2) is 42.5 Å². The molecule has 1 N–H and O–H groups in total. The van der Waals surface area contributed by atoms with Crippen LogP contribution < -0.4 is 14.8 Å². The molecule has 0 aromatic heterocycles. The molecule has 31 heavy (non-hydrogen) atoms. The molecule has 7 heteroatoms. The second-order valence-corrected chi connectivity index (χ2v) is 8.38. The second-order valence-electron chi connectivity index (χ2n) is 7.97. The molecule has 6 nitrogen and oxygen atoms in total. The Morgan fingerprint density at radius 1 is 1.06 bits per heavy atom. The molecular weight excluding hydrogens is 414 g/mol. The van der Waals surface area contributed by atoms with Gasteiger partial charge in [0.2, 0.25) is 5.91 Å². The van der Waals surface area contributed by atoms with Gasteiger partial charge in [0, 0.05) is 45.3 Å². The van der Waals surface area contributed by atoms with Crippen molar-refractivity contribution in [2.75, 3.05) is 46.4 Å². The van der Waals surface area contributed by atoms with Crippen LogP contribution in [0.25, 0.3) is 6.08 Å². The van der Waals surface area contributed by atoms with Crippen LogP contribution in [0.2, 0.25) is 5.02 Å². The fourth-order valence-electron chi connectivity index (χ4n) is 3.67. The molecule has 0 unspecified atom stereocenters. The smallest absolute Gasteiger partial charge is 0.244 e. The topological polar surface area (TPSA) is 54.0 Å². The number of nitrogens with one attached hydrogen (secondary N) is 1. The van der Waals surface area contributed by atoms with E-state index in [2.05, 4.69) is 46.4 Å². The lowest BCUT2D eigenvalue weighted by Crippen LogP contribution is -2.43. The van der Waals surface area contributed by atoms with Crippen LogP contribution >= 0.6 is 11.6 Å². The molecule has 0 bridgehead atoms. The molecule has 0 radical (unpaired) electrons. The second kappa shape index (κ2) is 10.2. The van der Waals surface area contributed by atoms with E-state index in [-0.39, 0.29) is 5.91 Å². The molecule has 1 saturated heterocycles. The van der Waals surface area contributed by atoms with E-state index >= 15 is 0 Å². The average Bonchev–Trinajstić information content (AvgIpc) is 2.79. The summed E-state index contributed by atoms with van der Waals surface area (Å²) in [5.41, 5.74) is 3.17. The molecule has 1 fully saturated rings. The number of carbonyl (C=O) groups is 1. The van der Waals surface area contributed by atoms with Gasteiger partial charge in [0.15, 0.2) is 11.5 Å². The summed E-state index contributed by atoms with van der Waals surface area (Å²) >= 11 is 6.24. The molecule has 2 aromatic rings. The third-order valence-electron chi connectivity index (χ3n) is 5.54. The highest BCUT2D eigenvalue weighted by Crippen LogP contribution is 2.38. The molecule has 4 rings (SSSR count). The van der Waals surface area contributed by atoms with E-state index in [1.165, 1.54) is 11.6 Å². The Bertz CT molecular complexity index is 938. The first-order valence-corrected chi connectivity index (χ1v) is 11.0. The normalized spacial score (nSPS) is 17.1. The van der Waals surface area contributed by atoms with Gasteiger partial charge in [0.1, 0.15) is 13.2 Å². The van der Waals surface area contributed by atoms with Crippen molar-refractivity contribution in [1.82, 2.24) is 15.1 Å². The molecule has 0 saturated carbocycles. The lowest BCUT2D eigenvalue weighted by molar-refractivity contribution is -0.116. The van der Waals surface area contributed by atoms with Gasteiger partial charge < -0.3 is 19.7 Å². The third kappa shape index (κ3) is 6.00. The number of likely N-dealkylation sites (N-methyl/N-ethyl adjacent to an activating group) is 1. The number of halogens is 1. The van der Waals surface area contributed by atoms with Crippen molar-refractivity contribution >= 4 is 23.6 Å². The number of amides is 1. The standard InChI is InChI=1S/C24H28ClN3O3/c1-27-8-10-28(11-9-27)17-19-4-2-18(3-5-19)16-26-23(29)7-6-20-14-21(25)24-22(15-20)30-12-13-31-24/h2-7,14-15H,8-13,16-17H2,1H3,(H,26,29). The van der Waals surface area contributed by atoms with E-state index in [9.17, 15) is 4.79 Å². The van der Waals surface area contributed by atoms with Crippen molar-refractivity contribution in [3.8, 4) is 11.5 Å². The van der Waals surface area contributed by atoms with Crippen LogP contribution in [0.4, 0.5) is 0 Å². The van der Waals surface area contributed by atoms with Crippen molar-refractivity contribution in [2.24, 2.45) is 0 Å². The number of ether oxygens (including phenoxy) is 2. The Balaban J connectivity index is 1.26. The van der Waals surface area contributed by atoms with Gasteiger partial charge in [-0.1, -0.05) is 35.9 Å². The summed E-state index contributed by atoms with van der Waals surface area (Å²) in [6, 6.07) is 12.0. The number of hydrogen-bond donors (Lipinski definition) is 1. The van der Waals surface area contributed by atoms with Crippen LogP contribution in [0, 0.1) is 0 Å². The zero-order valence-electron chi connectivity index (χ0n) is 17.8. The van der Waals surface area contributed by atoms with E-state index in [0.29, 0.717) is 36.3 Å².